The molecule has 3 atom stereocenters. The molecule has 23 heavy (non-hydrogen) atoms. The molecule has 0 amide bonds. The van der Waals surface area contributed by atoms with E-state index in [-0.39, 0.29) is 24.3 Å². The van der Waals surface area contributed by atoms with Crippen molar-refractivity contribution in [3.63, 3.8) is 0 Å². The Kier molecular flexibility index (Phi) is 5.14. The van der Waals surface area contributed by atoms with E-state index in [4.69, 9.17) is 4.74 Å². The van der Waals surface area contributed by atoms with E-state index < -0.39 is 6.10 Å². The van der Waals surface area contributed by atoms with Gasteiger partial charge in [0.15, 0.2) is 0 Å². The van der Waals surface area contributed by atoms with Crippen molar-refractivity contribution in [2.45, 2.75) is 63.9 Å². The maximum atomic E-state index is 12.2. The van der Waals surface area contributed by atoms with Gasteiger partial charge in [-0.05, 0) is 26.7 Å². The van der Waals surface area contributed by atoms with E-state index in [0.717, 1.165) is 31.6 Å². The smallest absolute Gasteiger partial charge is 0.253 e. The van der Waals surface area contributed by atoms with Gasteiger partial charge in [-0.1, -0.05) is 6.42 Å². The second-order valence-electron chi connectivity index (χ2n) is 7.06. The second kappa shape index (κ2) is 7.11. The van der Waals surface area contributed by atoms with Crippen molar-refractivity contribution in [1.29, 1.82) is 0 Å². The van der Waals surface area contributed by atoms with Gasteiger partial charge in [0.2, 0.25) is 0 Å². The van der Waals surface area contributed by atoms with E-state index in [0.29, 0.717) is 12.5 Å². The second-order valence-corrected chi connectivity index (χ2v) is 7.06. The average Bonchev–Trinajstić information content (AvgIpc) is 2.38. The SMILES string of the molecule is CC1CN(CC(O)Cn2cnc(C3CCC3)cc2=O)CC(C)O1. The van der Waals surface area contributed by atoms with E-state index in [1.807, 2.05) is 13.8 Å². The van der Waals surface area contributed by atoms with Crippen LogP contribution in [0.2, 0.25) is 0 Å². The quantitative estimate of drug-likeness (QED) is 0.876. The topological polar surface area (TPSA) is 67.6 Å². The molecule has 2 heterocycles. The lowest BCUT2D eigenvalue weighted by atomic mass is 9.83. The molecule has 1 saturated carbocycles. The number of hydrogen-bond donors (Lipinski definition) is 1. The third-order valence-electron chi connectivity index (χ3n) is 4.80. The Labute approximate surface area is 137 Å². The molecule has 6 nitrogen and oxygen atoms in total. The first kappa shape index (κ1) is 16.6. The summed E-state index contributed by atoms with van der Waals surface area (Å²) in [6.07, 6.45) is 4.85. The van der Waals surface area contributed by atoms with E-state index in [9.17, 15) is 9.90 Å². The standard InChI is InChI=1S/C17H27N3O3/c1-12-7-19(8-13(2)23-12)9-15(21)10-20-11-18-16(6-17(20)22)14-4-3-5-14/h6,11-15,21H,3-5,7-10H2,1-2H3. The zero-order valence-electron chi connectivity index (χ0n) is 14.0. The lowest BCUT2D eigenvalue weighted by molar-refractivity contribution is -0.0773. The molecule has 1 saturated heterocycles. The first-order valence-electron chi connectivity index (χ1n) is 8.63. The molecule has 1 N–H and O–H groups in total. The highest BCUT2D eigenvalue weighted by Crippen LogP contribution is 2.34. The highest BCUT2D eigenvalue weighted by molar-refractivity contribution is 5.09. The van der Waals surface area contributed by atoms with Crippen LogP contribution in [0.4, 0.5) is 0 Å². The molecule has 6 heteroatoms. The minimum atomic E-state index is -0.582. The Bertz CT molecular complexity index is 575. The van der Waals surface area contributed by atoms with Gasteiger partial charge in [-0.25, -0.2) is 4.98 Å². The van der Waals surface area contributed by atoms with E-state index in [1.165, 1.54) is 11.0 Å². The van der Waals surface area contributed by atoms with Crippen LogP contribution in [0.25, 0.3) is 0 Å². The Hall–Kier alpha value is -1.24. The van der Waals surface area contributed by atoms with Gasteiger partial charge in [0.05, 0.1) is 36.9 Å². The fourth-order valence-electron chi connectivity index (χ4n) is 3.52. The van der Waals surface area contributed by atoms with Crippen molar-refractivity contribution in [2.75, 3.05) is 19.6 Å². The Morgan fingerprint density at radius 1 is 1.30 bits per heavy atom. The molecule has 1 aromatic rings. The summed E-state index contributed by atoms with van der Waals surface area (Å²) >= 11 is 0. The molecule has 1 aliphatic carbocycles. The van der Waals surface area contributed by atoms with Crippen molar-refractivity contribution in [1.82, 2.24) is 14.5 Å². The van der Waals surface area contributed by atoms with Crippen LogP contribution >= 0.6 is 0 Å². The fourth-order valence-corrected chi connectivity index (χ4v) is 3.52. The maximum absolute atomic E-state index is 12.2. The van der Waals surface area contributed by atoms with Crippen LogP contribution in [0.15, 0.2) is 17.2 Å². The Morgan fingerprint density at radius 2 is 2.00 bits per heavy atom. The number of hydrogen-bond acceptors (Lipinski definition) is 5. The fraction of sp³-hybridized carbons (Fsp3) is 0.765. The summed E-state index contributed by atoms with van der Waals surface area (Å²) in [6, 6.07) is 1.63. The predicted molar refractivity (Wildman–Crippen MR) is 87.5 cm³/mol. The first-order chi connectivity index (χ1) is 11.0. The molecule has 1 aromatic heterocycles. The minimum absolute atomic E-state index is 0.0651. The molecule has 1 aliphatic heterocycles. The van der Waals surface area contributed by atoms with Gasteiger partial charge >= 0.3 is 0 Å². The zero-order valence-corrected chi connectivity index (χ0v) is 14.0. The number of aliphatic hydroxyl groups is 1. The summed E-state index contributed by atoms with van der Waals surface area (Å²) in [5.74, 6) is 0.457. The molecule has 2 aliphatic rings. The lowest BCUT2D eigenvalue weighted by Gasteiger charge is -2.36. The highest BCUT2D eigenvalue weighted by Gasteiger charge is 2.24. The summed E-state index contributed by atoms with van der Waals surface area (Å²) in [4.78, 5) is 18.8. The molecule has 2 fully saturated rings. The Balaban J connectivity index is 1.57. The number of β-amino-alcohol motifs (C(OH)–C–C–N with tert-alkyl or cyclic N) is 1. The number of rotatable bonds is 5. The van der Waals surface area contributed by atoms with Gasteiger partial charge in [-0.15, -0.1) is 0 Å². The molecule has 0 radical (unpaired) electrons. The summed E-state index contributed by atoms with van der Waals surface area (Å²) < 4.78 is 7.21. The van der Waals surface area contributed by atoms with Crippen LogP contribution in [-0.2, 0) is 11.3 Å². The molecule has 0 aromatic carbocycles. The lowest BCUT2D eigenvalue weighted by Crippen LogP contribution is -2.48. The number of aromatic nitrogens is 2. The van der Waals surface area contributed by atoms with Crippen LogP contribution < -0.4 is 5.56 Å². The van der Waals surface area contributed by atoms with Crippen molar-refractivity contribution < 1.29 is 9.84 Å². The molecule has 0 bridgehead atoms. The molecular formula is C17H27N3O3. The van der Waals surface area contributed by atoms with Crippen LogP contribution in [0, 0.1) is 0 Å². The molecule has 3 unspecified atom stereocenters. The van der Waals surface area contributed by atoms with Crippen LogP contribution in [0.5, 0.6) is 0 Å². The maximum Gasteiger partial charge on any atom is 0.253 e. The summed E-state index contributed by atoms with van der Waals surface area (Å²) in [5, 5.41) is 10.3. The van der Waals surface area contributed by atoms with Crippen molar-refractivity contribution >= 4 is 0 Å². The minimum Gasteiger partial charge on any atom is -0.390 e. The van der Waals surface area contributed by atoms with Crippen LogP contribution in [-0.4, -0.2) is 57.5 Å². The summed E-state index contributed by atoms with van der Waals surface area (Å²) in [5.41, 5.74) is 0.840. The van der Waals surface area contributed by atoms with Gasteiger partial charge in [0.25, 0.3) is 5.56 Å². The monoisotopic (exact) mass is 321 g/mol. The van der Waals surface area contributed by atoms with E-state index in [1.54, 1.807) is 12.4 Å². The van der Waals surface area contributed by atoms with Crippen LogP contribution in [0.1, 0.15) is 44.7 Å². The molecule has 128 valence electrons. The molecule has 0 spiro atoms. The van der Waals surface area contributed by atoms with Crippen molar-refractivity contribution in [2.24, 2.45) is 0 Å². The van der Waals surface area contributed by atoms with Gasteiger partial charge in [0, 0.05) is 31.6 Å². The van der Waals surface area contributed by atoms with Gasteiger partial charge < -0.3 is 9.84 Å². The largest absolute Gasteiger partial charge is 0.390 e. The molecular weight excluding hydrogens is 294 g/mol. The third-order valence-corrected chi connectivity index (χ3v) is 4.80. The third kappa shape index (κ3) is 4.19. The zero-order chi connectivity index (χ0) is 16.4. The average molecular weight is 321 g/mol. The number of ether oxygens (including phenoxy) is 1. The normalized spacial score (nSPS) is 27.6. The summed E-state index contributed by atoms with van der Waals surface area (Å²) in [7, 11) is 0. The highest BCUT2D eigenvalue weighted by atomic mass is 16.5. The van der Waals surface area contributed by atoms with Gasteiger partial charge in [-0.3, -0.25) is 14.3 Å². The Morgan fingerprint density at radius 3 is 2.57 bits per heavy atom. The van der Waals surface area contributed by atoms with Crippen molar-refractivity contribution in [3.05, 3.63) is 28.4 Å². The summed E-state index contributed by atoms with van der Waals surface area (Å²) in [6.45, 7) is 6.56. The predicted octanol–water partition coefficient (Wildman–Crippen LogP) is 0.981. The molecule has 3 rings (SSSR count). The number of morpholine rings is 1. The van der Waals surface area contributed by atoms with Gasteiger partial charge in [-0.2, -0.15) is 0 Å². The van der Waals surface area contributed by atoms with Crippen LogP contribution in [0.3, 0.4) is 0 Å². The number of nitrogens with zero attached hydrogens (tertiary/aromatic N) is 3. The van der Waals surface area contributed by atoms with E-state index in [2.05, 4.69) is 9.88 Å². The van der Waals surface area contributed by atoms with E-state index >= 15 is 0 Å². The van der Waals surface area contributed by atoms with Gasteiger partial charge in [0.1, 0.15) is 0 Å². The first-order valence-corrected chi connectivity index (χ1v) is 8.63. The number of aliphatic hydroxyl groups excluding tert-OH is 1. The van der Waals surface area contributed by atoms with Crippen molar-refractivity contribution in [3.8, 4) is 0 Å².